The Morgan fingerprint density at radius 2 is 2.06 bits per heavy atom. The van der Waals surface area contributed by atoms with Crippen LogP contribution in [0.4, 0.5) is 0 Å². The first-order valence-electron chi connectivity index (χ1n) is 5.87. The molecule has 0 radical (unpaired) electrons. The van der Waals surface area contributed by atoms with Crippen molar-refractivity contribution >= 4 is 11.9 Å². The Hall–Kier alpha value is -1.85. The minimum Gasteiger partial charge on any atom is -0.481 e. The lowest BCUT2D eigenvalue weighted by atomic mass is 10.1. The third-order valence-electron chi connectivity index (χ3n) is 2.58. The molecule has 0 aliphatic rings. The van der Waals surface area contributed by atoms with Gasteiger partial charge in [0.05, 0.1) is 12.1 Å². The second kappa shape index (κ2) is 5.66. The van der Waals surface area contributed by atoms with Gasteiger partial charge >= 0.3 is 5.97 Å². The number of aliphatic carboxylic acids is 1. The molecule has 1 heterocycles. The van der Waals surface area contributed by atoms with E-state index in [0.29, 0.717) is 5.69 Å². The average molecular weight is 253 g/mol. The second-order valence-electron chi connectivity index (χ2n) is 4.71. The van der Waals surface area contributed by atoms with E-state index in [0.717, 1.165) is 5.69 Å². The second-order valence-corrected chi connectivity index (χ2v) is 4.71. The highest BCUT2D eigenvalue weighted by Crippen LogP contribution is 2.13. The van der Waals surface area contributed by atoms with Crippen LogP contribution in [0.5, 0.6) is 0 Å². The van der Waals surface area contributed by atoms with Gasteiger partial charge in [-0.3, -0.25) is 14.3 Å². The van der Waals surface area contributed by atoms with Gasteiger partial charge in [0.1, 0.15) is 5.69 Å². The summed E-state index contributed by atoms with van der Waals surface area (Å²) in [5, 5.41) is 15.5. The maximum absolute atomic E-state index is 11.9. The zero-order valence-corrected chi connectivity index (χ0v) is 11.1. The number of nitrogens with zero attached hydrogens (tertiary/aromatic N) is 2. The fraction of sp³-hybridized carbons (Fsp3) is 0.583. The Morgan fingerprint density at radius 1 is 1.44 bits per heavy atom. The molecule has 1 amide bonds. The maximum Gasteiger partial charge on any atom is 0.305 e. The lowest BCUT2D eigenvalue weighted by molar-refractivity contribution is -0.137. The molecule has 0 aromatic carbocycles. The summed E-state index contributed by atoms with van der Waals surface area (Å²) in [6.45, 7) is 5.65. The molecule has 6 heteroatoms. The minimum atomic E-state index is -0.935. The highest BCUT2D eigenvalue weighted by atomic mass is 16.4. The van der Waals surface area contributed by atoms with Crippen LogP contribution in [0, 0.1) is 0 Å². The molecular formula is C12H19N3O3. The molecule has 0 aliphatic heterocycles. The van der Waals surface area contributed by atoms with Crippen molar-refractivity contribution < 1.29 is 14.7 Å². The van der Waals surface area contributed by atoms with E-state index in [1.165, 1.54) is 4.68 Å². The predicted octanol–water partition coefficient (Wildman–Crippen LogP) is 1.14. The molecule has 0 bridgehead atoms. The number of carbonyl (C=O) groups excluding carboxylic acids is 1. The zero-order chi connectivity index (χ0) is 13.9. The standard InChI is InChI=1S/C12H19N3O3/c1-7(2)9-6-10(15(4)14-9)12(18)13-8(3)5-11(16)17/h6-8H,5H2,1-4H3,(H,13,18)(H,16,17). The molecule has 0 saturated heterocycles. The summed E-state index contributed by atoms with van der Waals surface area (Å²) >= 11 is 0. The van der Waals surface area contributed by atoms with Crippen LogP contribution in [0.25, 0.3) is 0 Å². The van der Waals surface area contributed by atoms with Crippen molar-refractivity contribution in [2.75, 3.05) is 0 Å². The third-order valence-corrected chi connectivity index (χ3v) is 2.58. The van der Waals surface area contributed by atoms with Crippen LogP contribution >= 0.6 is 0 Å². The van der Waals surface area contributed by atoms with E-state index in [1.54, 1.807) is 20.0 Å². The molecule has 1 aromatic heterocycles. The number of amides is 1. The van der Waals surface area contributed by atoms with Gasteiger partial charge in [-0.25, -0.2) is 0 Å². The van der Waals surface area contributed by atoms with Crippen LogP contribution in [0.1, 0.15) is 49.3 Å². The monoisotopic (exact) mass is 253 g/mol. The summed E-state index contributed by atoms with van der Waals surface area (Å²) in [5.41, 5.74) is 1.28. The van der Waals surface area contributed by atoms with Gasteiger partial charge in [0.25, 0.3) is 5.91 Å². The predicted molar refractivity (Wildman–Crippen MR) is 66.5 cm³/mol. The molecule has 1 rings (SSSR count). The summed E-state index contributed by atoms with van der Waals surface area (Å²) in [4.78, 5) is 22.4. The normalized spacial score (nSPS) is 12.5. The number of hydrogen-bond acceptors (Lipinski definition) is 3. The highest BCUT2D eigenvalue weighted by molar-refractivity contribution is 5.93. The van der Waals surface area contributed by atoms with E-state index in [2.05, 4.69) is 10.4 Å². The summed E-state index contributed by atoms with van der Waals surface area (Å²) in [7, 11) is 1.70. The maximum atomic E-state index is 11.9. The number of aromatic nitrogens is 2. The molecule has 0 fully saturated rings. The quantitative estimate of drug-likeness (QED) is 0.824. The van der Waals surface area contributed by atoms with Crippen LogP contribution in [-0.2, 0) is 11.8 Å². The average Bonchev–Trinajstić information content (AvgIpc) is 2.58. The molecule has 1 atom stereocenters. The molecule has 0 aliphatic carbocycles. The van der Waals surface area contributed by atoms with E-state index in [9.17, 15) is 9.59 Å². The van der Waals surface area contributed by atoms with Gasteiger partial charge < -0.3 is 10.4 Å². The Morgan fingerprint density at radius 3 is 2.50 bits per heavy atom. The number of carboxylic acids is 1. The number of aryl methyl sites for hydroxylation is 1. The topological polar surface area (TPSA) is 84.2 Å². The van der Waals surface area contributed by atoms with Crippen LogP contribution in [0.2, 0.25) is 0 Å². The molecule has 2 N–H and O–H groups in total. The lowest BCUT2D eigenvalue weighted by Crippen LogP contribution is -2.35. The molecule has 1 unspecified atom stereocenters. The van der Waals surface area contributed by atoms with Gasteiger partial charge in [-0.05, 0) is 18.9 Å². The number of carbonyl (C=O) groups is 2. The van der Waals surface area contributed by atoms with E-state index in [4.69, 9.17) is 5.11 Å². The van der Waals surface area contributed by atoms with Gasteiger partial charge in [-0.1, -0.05) is 13.8 Å². The van der Waals surface area contributed by atoms with E-state index in [-0.39, 0.29) is 18.2 Å². The lowest BCUT2D eigenvalue weighted by Gasteiger charge is -2.11. The van der Waals surface area contributed by atoms with E-state index in [1.807, 2.05) is 13.8 Å². The van der Waals surface area contributed by atoms with Crippen molar-refractivity contribution in [1.29, 1.82) is 0 Å². The van der Waals surface area contributed by atoms with Crippen molar-refractivity contribution in [3.63, 3.8) is 0 Å². The molecule has 0 saturated carbocycles. The van der Waals surface area contributed by atoms with Crippen molar-refractivity contribution in [3.05, 3.63) is 17.5 Å². The number of nitrogens with one attached hydrogen (secondary N) is 1. The van der Waals surface area contributed by atoms with Gasteiger partial charge in [0.15, 0.2) is 0 Å². The van der Waals surface area contributed by atoms with Crippen LogP contribution < -0.4 is 5.32 Å². The first-order valence-corrected chi connectivity index (χ1v) is 5.87. The van der Waals surface area contributed by atoms with Gasteiger partial charge in [-0.15, -0.1) is 0 Å². The van der Waals surface area contributed by atoms with E-state index >= 15 is 0 Å². The Labute approximate surface area is 106 Å². The first-order chi connectivity index (χ1) is 8.31. The summed E-state index contributed by atoms with van der Waals surface area (Å²) in [6, 6.07) is 1.32. The number of rotatable bonds is 5. The van der Waals surface area contributed by atoms with Crippen molar-refractivity contribution in [1.82, 2.24) is 15.1 Å². The fourth-order valence-electron chi connectivity index (χ4n) is 1.59. The Bertz CT molecular complexity index is 451. The van der Waals surface area contributed by atoms with Gasteiger partial charge in [0, 0.05) is 13.1 Å². The van der Waals surface area contributed by atoms with E-state index < -0.39 is 12.0 Å². The van der Waals surface area contributed by atoms with Crippen LogP contribution in [0.3, 0.4) is 0 Å². The zero-order valence-electron chi connectivity index (χ0n) is 11.1. The smallest absolute Gasteiger partial charge is 0.305 e. The Kier molecular flexibility index (Phi) is 4.47. The third kappa shape index (κ3) is 3.58. The van der Waals surface area contributed by atoms with Gasteiger partial charge in [0.2, 0.25) is 0 Å². The summed E-state index contributed by atoms with van der Waals surface area (Å²) in [5.74, 6) is -0.990. The molecule has 18 heavy (non-hydrogen) atoms. The Balaban J connectivity index is 2.75. The van der Waals surface area contributed by atoms with Crippen LogP contribution in [-0.4, -0.2) is 32.8 Å². The number of carboxylic acid groups (broad SMARTS) is 1. The highest BCUT2D eigenvalue weighted by Gasteiger charge is 2.17. The van der Waals surface area contributed by atoms with Gasteiger partial charge in [-0.2, -0.15) is 5.10 Å². The van der Waals surface area contributed by atoms with Crippen molar-refractivity contribution in [2.45, 2.75) is 39.2 Å². The largest absolute Gasteiger partial charge is 0.481 e. The molecule has 6 nitrogen and oxygen atoms in total. The van der Waals surface area contributed by atoms with Crippen molar-refractivity contribution in [3.8, 4) is 0 Å². The summed E-state index contributed by atoms with van der Waals surface area (Å²) in [6.07, 6.45) is -0.0966. The van der Waals surface area contributed by atoms with Crippen LogP contribution in [0.15, 0.2) is 6.07 Å². The molecule has 0 spiro atoms. The SMILES string of the molecule is CC(CC(=O)O)NC(=O)c1cc(C(C)C)nn1C. The number of hydrogen-bond donors (Lipinski definition) is 2. The summed E-state index contributed by atoms with van der Waals surface area (Å²) < 4.78 is 1.51. The first kappa shape index (κ1) is 14.2. The fourth-order valence-corrected chi connectivity index (χ4v) is 1.59. The van der Waals surface area contributed by atoms with Crippen molar-refractivity contribution in [2.24, 2.45) is 7.05 Å². The molecule has 1 aromatic rings. The molecule has 100 valence electrons. The minimum absolute atomic E-state index is 0.0966. The molecular weight excluding hydrogens is 234 g/mol.